The zero-order valence-corrected chi connectivity index (χ0v) is 13.1. The minimum atomic E-state index is -0.0740. The van der Waals surface area contributed by atoms with Gasteiger partial charge in [-0.15, -0.1) is 0 Å². The van der Waals surface area contributed by atoms with Crippen molar-refractivity contribution in [3.63, 3.8) is 0 Å². The SMILES string of the molecule is CCCNc1nc(NCC2(OC)CCC2)nc(OCC)n1. The highest BCUT2D eigenvalue weighted by molar-refractivity contribution is 5.36. The molecule has 1 heterocycles. The predicted molar refractivity (Wildman–Crippen MR) is 81.9 cm³/mol. The van der Waals surface area contributed by atoms with Gasteiger partial charge in [0.2, 0.25) is 11.9 Å². The second-order valence-electron chi connectivity index (χ2n) is 5.22. The summed E-state index contributed by atoms with van der Waals surface area (Å²) in [7, 11) is 1.76. The van der Waals surface area contributed by atoms with Crippen LogP contribution in [0.3, 0.4) is 0 Å². The van der Waals surface area contributed by atoms with Crippen molar-refractivity contribution in [2.45, 2.75) is 45.1 Å². The van der Waals surface area contributed by atoms with E-state index >= 15 is 0 Å². The lowest BCUT2D eigenvalue weighted by molar-refractivity contribution is -0.0602. The average Bonchev–Trinajstić information content (AvgIpc) is 2.45. The Kier molecular flexibility index (Phi) is 5.55. The van der Waals surface area contributed by atoms with Crippen LogP contribution >= 0.6 is 0 Å². The summed E-state index contributed by atoms with van der Waals surface area (Å²) in [6, 6.07) is 0.341. The van der Waals surface area contributed by atoms with Gasteiger partial charge in [-0.25, -0.2) is 0 Å². The van der Waals surface area contributed by atoms with E-state index in [-0.39, 0.29) is 5.60 Å². The van der Waals surface area contributed by atoms with Crippen molar-refractivity contribution in [1.29, 1.82) is 0 Å². The van der Waals surface area contributed by atoms with Crippen molar-refractivity contribution in [2.24, 2.45) is 0 Å². The van der Waals surface area contributed by atoms with Crippen LogP contribution in [0.5, 0.6) is 6.01 Å². The number of methoxy groups -OCH3 is 1. The van der Waals surface area contributed by atoms with Crippen LogP contribution in [0.2, 0.25) is 0 Å². The summed E-state index contributed by atoms with van der Waals surface area (Å²) in [6.45, 7) is 6.04. The molecule has 2 N–H and O–H groups in total. The molecule has 1 aliphatic rings. The molecule has 1 fully saturated rings. The molecule has 1 aliphatic carbocycles. The fourth-order valence-corrected chi connectivity index (χ4v) is 2.21. The molecule has 0 amide bonds. The van der Waals surface area contributed by atoms with Crippen LogP contribution < -0.4 is 15.4 Å². The van der Waals surface area contributed by atoms with Crippen LogP contribution in [-0.4, -0.2) is 47.4 Å². The molecule has 0 aromatic carbocycles. The number of aromatic nitrogens is 3. The number of ether oxygens (including phenoxy) is 2. The van der Waals surface area contributed by atoms with Gasteiger partial charge in [0.25, 0.3) is 0 Å². The van der Waals surface area contributed by atoms with Crippen molar-refractivity contribution in [3.05, 3.63) is 0 Å². The van der Waals surface area contributed by atoms with Gasteiger partial charge in [0.15, 0.2) is 0 Å². The highest BCUT2D eigenvalue weighted by Gasteiger charge is 2.36. The third-order valence-electron chi connectivity index (χ3n) is 3.69. The standard InChI is InChI=1S/C14H25N5O2/c1-4-9-15-11-17-12(19-13(18-11)21-5-2)16-10-14(20-3)7-6-8-14/h4-10H2,1-3H3,(H2,15,16,17,18,19). The van der Waals surface area contributed by atoms with E-state index in [4.69, 9.17) is 9.47 Å². The lowest BCUT2D eigenvalue weighted by atomic mass is 9.80. The van der Waals surface area contributed by atoms with Gasteiger partial charge >= 0.3 is 6.01 Å². The molecule has 2 rings (SSSR count). The van der Waals surface area contributed by atoms with Gasteiger partial charge in [-0.05, 0) is 32.6 Å². The molecule has 7 nitrogen and oxygen atoms in total. The first-order valence-electron chi connectivity index (χ1n) is 7.63. The molecule has 118 valence electrons. The van der Waals surface area contributed by atoms with Crippen LogP contribution in [0.25, 0.3) is 0 Å². The zero-order valence-electron chi connectivity index (χ0n) is 13.1. The normalized spacial score (nSPS) is 16.1. The molecule has 0 aliphatic heterocycles. The van der Waals surface area contributed by atoms with Gasteiger partial charge in [-0.3, -0.25) is 0 Å². The first-order chi connectivity index (χ1) is 10.2. The van der Waals surface area contributed by atoms with E-state index in [2.05, 4.69) is 32.5 Å². The topological polar surface area (TPSA) is 81.2 Å². The predicted octanol–water partition coefficient (Wildman–Crippen LogP) is 2.07. The fraction of sp³-hybridized carbons (Fsp3) is 0.786. The van der Waals surface area contributed by atoms with Crippen LogP contribution in [0.15, 0.2) is 0 Å². The molecule has 0 saturated heterocycles. The van der Waals surface area contributed by atoms with E-state index in [9.17, 15) is 0 Å². The molecule has 21 heavy (non-hydrogen) atoms. The Morgan fingerprint density at radius 1 is 1.10 bits per heavy atom. The molecule has 0 spiro atoms. The minimum absolute atomic E-state index is 0.0740. The first-order valence-corrected chi connectivity index (χ1v) is 7.63. The average molecular weight is 295 g/mol. The summed E-state index contributed by atoms with van der Waals surface area (Å²) >= 11 is 0. The second kappa shape index (κ2) is 7.40. The highest BCUT2D eigenvalue weighted by atomic mass is 16.5. The quantitative estimate of drug-likeness (QED) is 0.721. The Hall–Kier alpha value is -1.63. The van der Waals surface area contributed by atoms with Crippen LogP contribution in [0.4, 0.5) is 11.9 Å². The number of nitrogens with zero attached hydrogens (tertiary/aromatic N) is 3. The molecule has 0 radical (unpaired) electrons. The molecular weight excluding hydrogens is 270 g/mol. The maximum Gasteiger partial charge on any atom is 0.323 e. The summed E-state index contributed by atoms with van der Waals surface area (Å²) in [6.07, 6.45) is 4.35. The van der Waals surface area contributed by atoms with Crippen LogP contribution in [0, 0.1) is 0 Å². The van der Waals surface area contributed by atoms with E-state index in [0.717, 1.165) is 25.8 Å². The van der Waals surface area contributed by atoms with Gasteiger partial charge in [0.05, 0.1) is 12.2 Å². The van der Waals surface area contributed by atoms with E-state index < -0.39 is 0 Å². The first kappa shape index (κ1) is 15.8. The molecule has 0 unspecified atom stereocenters. The lowest BCUT2D eigenvalue weighted by Gasteiger charge is -2.40. The van der Waals surface area contributed by atoms with Crippen molar-refractivity contribution >= 4 is 11.9 Å². The van der Waals surface area contributed by atoms with Crippen molar-refractivity contribution < 1.29 is 9.47 Å². The maximum atomic E-state index is 5.59. The van der Waals surface area contributed by atoms with Gasteiger partial charge in [-0.1, -0.05) is 6.92 Å². The van der Waals surface area contributed by atoms with Gasteiger partial charge < -0.3 is 20.1 Å². The Labute approximate surface area is 125 Å². The molecule has 7 heteroatoms. The minimum Gasteiger partial charge on any atom is -0.464 e. The largest absolute Gasteiger partial charge is 0.464 e. The second-order valence-corrected chi connectivity index (χ2v) is 5.22. The smallest absolute Gasteiger partial charge is 0.323 e. The summed E-state index contributed by atoms with van der Waals surface area (Å²) < 4.78 is 11.0. The molecule has 0 bridgehead atoms. The third-order valence-corrected chi connectivity index (χ3v) is 3.69. The van der Waals surface area contributed by atoms with Crippen LogP contribution in [-0.2, 0) is 4.74 Å². The number of anilines is 2. The van der Waals surface area contributed by atoms with E-state index in [1.807, 2.05) is 6.92 Å². The Balaban J connectivity index is 2.03. The van der Waals surface area contributed by atoms with E-state index in [1.165, 1.54) is 6.42 Å². The number of rotatable bonds is 9. The van der Waals surface area contributed by atoms with Crippen LogP contribution in [0.1, 0.15) is 39.5 Å². The molecular formula is C14H25N5O2. The molecule has 0 atom stereocenters. The number of hydrogen-bond donors (Lipinski definition) is 2. The monoisotopic (exact) mass is 295 g/mol. The fourth-order valence-electron chi connectivity index (χ4n) is 2.21. The zero-order chi connectivity index (χ0) is 15.1. The van der Waals surface area contributed by atoms with Crippen molar-refractivity contribution in [2.75, 3.05) is 37.4 Å². The van der Waals surface area contributed by atoms with Gasteiger partial charge in [0.1, 0.15) is 0 Å². The third kappa shape index (κ3) is 4.17. The van der Waals surface area contributed by atoms with Gasteiger partial charge in [-0.2, -0.15) is 15.0 Å². The van der Waals surface area contributed by atoms with Gasteiger partial charge in [0, 0.05) is 20.2 Å². The molecule has 1 aromatic rings. The Morgan fingerprint density at radius 2 is 1.81 bits per heavy atom. The lowest BCUT2D eigenvalue weighted by Crippen LogP contribution is -2.45. The Bertz CT molecular complexity index is 445. The number of nitrogens with one attached hydrogen (secondary N) is 2. The maximum absolute atomic E-state index is 5.59. The Morgan fingerprint density at radius 3 is 2.33 bits per heavy atom. The van der Waals surface area contributed by atoms with E-state index in [0.29, 0.717) is 31.1 Å². The summed E-state index contributed by atoms with van der Waals surface area (Å²) in [4.78, 5) is 12.9. The van der Waals surface area contributed by atoms with Crippen molar-refractivity contribution in [3.8, 4) is 6.01 Å². The highest BCUT2D eigenvalue weighted by Crippen LogP contribution is 2.34. The van der Waals surface area contributed by atoms with Crippen molar-refractivity contribution in [1.82, 2.24) is 15.0 Å². The molecule has 1 saturated carbocycles. The summed E-state index contributed by atoms with van der Waals surface area (Å²) in [5.74, 6) is 1.06. The number of hydrogen-bond acceptors (Lipinski definition) is 7. The summed E-state index contributed by atoms with van der Waals surface area (Å²) in [5, 5.41) is 6.41. The molecule has 1 aromatic heterocycles. The van der Waals surface area contributed by atoms with E-state index in [1.54, 1.807) is 7.11 Å². The summed E-state index contributed by atoms with van der Waals surface area (Å²) in [5.41, 5.74) is -0.0740.